The molecule has 0 unspecified atom stereocenters. The molecule has 1 nitrogen and oxygen atoms in total. The predicted molar refractivity (Wildman–Crippen MR) is 63.8 cm³/mol. The minimum atomic E-state index is 0.278. The molecule has 0 spiro atoms. The lowest BCUT2D eigenvalue weighted by molar-refractivity contribution is 0.700. The van der Waals surface area contributed by atoms with Gasteiger partial charge >= 0.3 is 0 Å². The SMILES string of the molecule is NCC(=CF)Cc1csc2ccccc12. The smallest absolute Gasteiger partial charge is 0.0875 e. The van der Waals surface area contributed by atoms with E-state index in [2.05, 4.69) is 17.5 Å². The van der Waals surface area contributed by atoms with Crippen LogP contribution in [0.5, 0.6) is 0 Å². The van der Waals surface area contributed by atoms with Crippen molar-refractivity contribution >= 4 is 21.4 Å². The molecule has 0 aliphatic heterocycles. The van der Waals surface area contributed by atoms with E-state index in [0.717, 1.165) is 5.56 Å². The monoisotopic (exact) mass is 221 g/mol. The lowest BCUT2D eigenvalue weighted by atomic mass is 10.1. The summed E-state index contributed by atoms with van der Waals surface area (Å²) in [7, 11) is 0. The standard InChI is InChI=1S/C12H12FNS/c13-6-9(7-14)5-10-8-15-12-4-2-1-3-11(10)12/h1-4,6,8H,5,7,14H2. The average Bonchev–Trinajstić information content (AvgIpc) is 2.69. The predicted octanol–water partition coefficient (Wildman–Crippen LogP) is 3.26. The Morgan fingerprint density at radius 1 is 1.40 bits per heavy atom. The molecule has 0 radical (unpaired) electrons. The number of hydrogen-bond donors (Lipinski definition) is 1. The first kappa shape index (κ1) is 10.3. The fourth-order valence-electron chi connectivity index (χ4n) is 1.57. The third kappa shape index (κ3) is 2.08. The molecule has 0 fully saturated rings. The van der Waals surface area contributed by atoms with Crippen LogP contribution in [0.4, 0.5) is 4.39 Å². The van der Waals surface area contributed by atoms with Gasteiger partial charge in [0.15, 0.2) is 0 Å². The van der Waals surface area contributed by atoms with Gasteiger partial charge in [-0.05, 0) is 34.4 Å². The van der Waals surface area contributed by atoms with Gasteiger partial charge in [-0.25, -0.2) is 4.39 Å². The van der Waals surface area contributed by atoms with Crippen LogP contribution in [0.1, 0.15) is 5.56 Å². The summed E-state index contributed by atoms with van der Waals surface area (Å²) in [6, 6.07) is 8.15. The van der Waals surface area contributed by atoms with Gasteiger partial charge in [-0.1, -0.05) is 18.2 Å². The highest BCUT2D eigenvalue weighted by Gasteiger charge is 2.05. The minimum absolute atomic E-state index is 0.278. The molecule has 0 aliphatic carbocycles. The van der Waals surface area contributed by atoms with Gasteiger partial charge in [-0.3, -0.25) is 0 Å². The van der Waals surface area contributed by atoms with Crippen molar-refractivity contribution in [1.29, 1.82) is 0 Å². The van der Waals surface area contributed by atoms with Crippen molar-refractivity contribution in [2.24, 2.45) is 5.73 Å². The summed E-state index contributed by atoms with van der Waals surface area (Å²) in [5.74, 6) is 0. The van der Waals surface area contributed by atoms with Crippen LogP contribution >= 0.6 is 11.3 Å². The molecule has 2 rings (SSSR count). The number of fused-ring (bicyclic) bond motifs is 1. The third-order valence-corrected chi connectivity index (χ3v) is 3.41. The fraction of sp³-hybridized carbons (Fsp3) is 0.167. The molecule has 15 heavy (non-hydrogen) atoms. The molecule has 2 N–H and O–H groups in total. The zero-order valence-corrected chi connectivity index (χ0v) is 9.06. The van der Waals surface area contributed by atoms with E-state index < -0.39 is 0 Å². The summed E-state index contributed by atoms with van der Waals surface area (Å²) in [4.78, 5) is 0. The average molecular weight is 221 g/mol. The summed E-state index contributed by atoms with van der Waals surface area (Å²) >= 11 is 1.69. The molecule has 0 bridgehead atoms. The van der Waals surface area contributed by atoms with E-state index in [1.165, 1.54) is 10.1 Å². The summed E-state index contributed by atoms with van der Waals surface area (Å²) in [6.07, 6.45) is 1.23. The Bertz CT molecular complexity index is 487. The van der Waals surface area contributed by atoms with Gasteiger partial charge < -0.3 is 5.73 Å². The Hall–Kier alpha value is -1.19. The molecule has 3 heteroatoms. The van der Waals surface area contributed by atoms with Gasteiger partial charge in [0.2, 0.25) is 0 Å². The zero-order chi connectivity index (χ0) is 10.7. The Morgan fingerprint density at radius 2 is 2.20 bits per heavy atom. The van der Waals surface area contributed by atoms with E-state index in [-0.39, 0.29) is 6.54 Å². The summed E-state index contributed by atoms with van der Waals surface area (Å²) in [5, 5.41) is 3.28. The molecule has 0 saturated carbocycles. The Kier molecular flexibility index (Phi) is 3.14. The highest BCUT2D eigenvalue weighted by molar-refractivity contribution is 7.17. The lowest BCUT2D eigenvalue weighted by Crippen LogP contribution is -2.04. The first-order valence-corrected chi connectivity index (χ1v) is 5.66. The van der Waals surface area contributed by atoms with Gasteiger partial charge in [0.05, 0.1) is 6.33 Å². The van der Waals surface area contributed by atoms with Crippen LogP contribution in [0.25, 0.3) is 10.1 Å². The van der Waals surface area contributed by atoms with E-state index in [0.29, 0.717) is 18.3 Å². The largest absolute Gasteiger partial charge is 0.327 e. The van der Waals surface area contributed by atoms with Gasteiger partial charge in [-0.2, -0.15) is 0 Å². The highest BCUT2D eigenvalue weighted by Crippen LogP contribution is 2.27. The quantitative estimate of drug-likeness (QED) is 0.845. The summed E-state index contributed by atoms with van der Waals surface area (Å²) < 4.78 is 13.6. The van der Waals surface area contributed by atoms with E-state index in [9.17, 15) is 4.39 Å². The third-order valence-electron chi connectivity index (χ3n) is 2.40. The minimum Gasteiger partial charge on any atom is -0.327 e. The number of halogens is 1. The van der Waals surface area contributed by atoms with Crippen LogP contribution in [0.2, 0.25) is 0 Å². The molecule has 1 aromatic heterocycles. The normalized spacial score (nSPS) is 12.3. The molecule has 78 valence electrons. The maximum absolute atomic E-state index is 12.4. The van der Waals surface area contributed by atoms with Crippen LogP contribution in [0.3, 0.4) is 0 Å². The second kappa shape index (κ2) is 4.55. The van der Waals surface area contributed by atoms with Crippen molar-refractivity contribution in [3.8, 4) is 0 Å². The van der Waals surface area contributed by atoms with Crippen LogP contribution < -0.4 is 5.73 Å². The second-order valence-electron chi connectivity index (χ2n) is 3.41. The molecule has 1 aromatic carbocycles. The summed E-state index contributed by atoms with van der Waals surface area (Å²) in [5.41, 5.74) is 7.23. The van der Waals surface area contributed by atoms with Crippen molar-refractivity contribution in [2.75, 3.05) is 6.54 Å². The van der Waals surface area contributed by atoms with E-state index in [1.54, 1.807) is 11.3 Å². The maximum atomic E-state index is 12.4. The number of benzene rings is 1. The first-order chi connectivity index (χ1) is 7.35. The highest BCUT2D eigenvalue weighted by atomic mass is 32.1. The zero-order valence-electron chi connectivity index (χ0n) is 8.24. The topological polar surface area (TPSA) is 26.0 Å². The Morgan fingerprint density at radius 3 is 2.93 bits per heavy atom. The van der Waals surface area contributed by atoms with E-state index in [1.807, 2.05) is 12.1 Å². The van der Waals surface area contributed by atoms with E-state index >= 15 is 0 Å². The van der Waals surface area contributed by atoms with Gasteiger partial charge in [-0.15, -0.1) is 11.3 Å². The number of rotatable bonds is 3. The maximum Gasteiger partial charge on any atom is 0.0875 e. The Labute approximate surface area is 92.0 Å². The molecule has 0 saturated heterocycles. The molecular formula is C12H12FNS. The van der Waals surface area contributed by atoms with Gasteiger partial charge in [0.1, 0.15) is 0 Å². The van der Waals surface area contributed by atoms with Crippen LogP contribution in [-0.4, -0.2) is 6.54 Å². The number of thiophene rings is 1. The number of nitrogens with two attached hydrogens (primary N) is 1. The van der Waals surface area contributed by atoms with Crippen molar-refractivity contribution in [2.45, 2.75) is 6.42 Å². The molecule has 0 amide bonds. The first-order valence-electron chi connectivity index (χ1n) is 4.78. The number of hydrogen-bond acceptors (Lipinski definition) is 2. The molecule has 2 aromatic rings. The van der Waals surface area contributed by atoms with Crippen molar-refractivity contribution in [1.82, 2.24) is 0 Å². The van der Waals surface area contributed by atoms with Crippen molar-refractivity contribution < 1.29 is 4.39 Å². The van der Waals surface area contributed by atoms with Gasteiger partial charge in [0.25, 0.3) is 0 Å². The van der Waals surface area contributed by atoms with Crippen LogP contribution in [0.15, 0.2) is 41.5 Å². The van der Waals surface area contributed by atoms with Crippen molar-refractivity contribution in [3.05, 3.63) is 47.1 Å². The Balaban J connectivity index is 2.36. The summed E-state index contributed by atoms with van der Waals surface area (Å²) in [6.45, 7) is 0.278. The van der Waals surface area contributed by atoms with Crippen LogP contribution in [-0.2, 0) is 6.42 Å². The molecule has 0 aliphatic rings. The molecule has 0 atom stereocenters. The fourth-order valence-corrected chi connectivity index (χ4v) is 2.53. The lowest BCUT2D eigenvalue weighted by Gasteiger charge is -2.01. The van der Waals surface area contributed by atoms with Crippen molar-refractivity contribution in [3.63, 3.8) is 0 Å². The van der Waals surface area contributed by atoms with E-state index in [4.69, 9.17) is 5.73 Å². The molecular weight excluding hydrogens is 209 g/mol. The van der Waals surface area contributed by atoms with Gasteiger partial charge in [0, 0.05) is 11.2 Å². The molecule has 1 heterocycles. The second-order valence-corrected chi connectivity index (χ2v) is 4.32. The van der Waals surface area contributed by atoms with Crippen LogP contribution in [0, 0.1) is 0 Å².